The van der Waals surface area contributed by atoms with Crippen LogP contribution in [0.2, 0.25) is 0 Å². The molecule has 6 nitrogen and oxygen atoms in total. The third kappa shape index (κ3) is 6.76. The molecular formula is C23H30N2O4. The number of hydrogen-bond donors (Lipinski definition) is 1. The summed E-state index contributed by atoms with van der Waals surface area (Å²) >= 11 is 0. The fourth-order valence-electron chi connectivity index (χ4n) is 3.26. The van der Waals surface area contributed by atoms with Gasteiger partial charge in [-0.15, -0.1) is 0 Å². The zero-order chi connectivity index (χ0) is 20.3. The summed E-state index contributed by atoms with van der Waals surface area (Å²) in [6, 6.07) is 17.4. The van der Waals surface area contributed by atoms with Gasteiger partial charge in [0.15, 0.2) is 18.1 Å². The van der Waals surface area contributed by atoms with Crippen LogP contribution in [0.25, 0.3) is 0 Å². The minimum absolute atomic E-state index is 0.00437. The molecule has 0 spiro atoms. The number of carbonyl (C=O) groups is 1. The topological polar surface area (TPSA) is 74.0 Å². The summed E-state index contributed by atoms with van der Waals surface area (Å²) in [5, 5.41) is 0. The van der Waals surface area contributed by atoms with Crippen molar-refractivity contribution in [1.82, 2.24) is 4.90 Å². The first-order valence-electron chi connectivity index (χ1n) is 10.2. The normalized spacial score (nSPS) is 14.6. The van der Waals surface area contributed by atoms with E-state index < -0.39 is 0 Å². The van der Waals surface area contributed by atoms with E-state index in [1.165, 1.54) is 0 Å². The van der Waals surface area contributed by atoms with E-state index in [1.54, 1.807) is 0 Å². The molecule has 2 N–H and O–H groups in total. The van der Waals surface area contributed by atoms with Crippen LogP contribution in [0.15, 0.2) is 54.6 Å². The van der Waals surface area contributed by atoms with Gasteiger partial charge < -0.3 is 24.8 Å². The van der Waals surface area contributed by atoms with Crippen molar-refractivity contribution >= 4 is 5.91 Å². The number of hydrogen-bond acceptors (Lipinski definition) is 5. The van der Waals surface area contributed by atoms with Crippen molar-refractivity contribution in [1.29, 1.82) is 0 Å². The summed E-state index contributed by atoms with van der Waals surface area (Å²) in [4.78, 5) is 14.4. The Morgan fingerprint density at radius 3 is 2.31 bits per heavy atom. The van der Waals surface area contributed by atoms with Gasteiger partial charge in [0.05, 0.1) is 6.10 Å². The number of amides is 1. The quantitative estimate of drug-likeness (QED) is 0.623. The molecule has 29 heavy (non-hydrogen) atoms. The van der Waals surface area contributed by atoms with Gasteiger partial charge in [-0.25, -0.2) is 0 Å². The van der Waals surface area contributed by atoms with Crippen molar-refractivity contribution in [2.24, 2.45) is 5.73 Å². The maximum atomic E-state index is 12.5. The third-order valence-electron chi connectivity index (χ3n) is 4.93. The van der Waals surface area contributed by atoms with E-state index >= 15 is 0 Å². The molecule has 1 aliphatic heterocycles. The highest BCUT2D eigenvalue weighted by molar-refractivity contribution is 5.78. The molecule has 0 aromatic heterocycles. The van der Waals surface area contributed by atoms with E-state index in [1.807, 2.05) is 59.5 Å². The molecule has 0 bridgehead atoms. The van der Waals surface area contributed by atoms with Crippen molar-refractivity contribution in [2.75, 3.05) is 32.8 Å². The Morgan fingerprint density at radius 1 is 0.966 bits per heavy atom. The number of piperidine rings is 1. The average molecular weight is 399 g/mol. The molecule has 1 heterocycles. The molecule has 3 rings (SSSR count). The molecule has 1 amide bonds. The lowest BCUT2D eigenvalue weighted by molar-refractivity contribution is -0.136. The molecule has 1 fully saturated rings. The number of ether oxygens (including phenoxy) is 3. The van der Waals surface area contributed by atoms with Gasteiger partial charge in [-0.3, -0.25) is 4.79 Å². The number of carbonyl (C=O) groups excluding carboxylic acids is 1. The zero-order valence-corrected chi connectivity index (χ0v) is 16.8. The molecule has 1 aliphatic rings. The van der Waals surface area contributed by atoms with Gasteiger partial charge in [0.25, 0.3) is 5.91 Å². The molecule has 1 saturated heterocycles. The largest absolute Gasteiger partial charge is 0.485 e. The Labute approximate surface area is 172 Å². The van der Waals surface area contributed by atoms with Crippen LogP contribution in [0, 0.1) is 0 Å². The highest BCUT2D eigenvalue weighted by atomic mass is 16.5. The predicted molar refractivity (Wildman–Crippen MR) is 112 cm³/mol. The Hall–Kier alpha value is -2.57. The fourth-order valence-corrected chi connectivity index (χ4v) is 3.26. The second-order valence-electron chi connectivity index (χ2n) is 7.10. The molecule has 0 aliphatic carbocycles. The highest BCUT2D eigenvalue weighted by Gasteiger charge is 2.23. The molecule has 0 radical (unpaired) electrons. The third-order valence-corrected chi connectivity index (χ3v) is 4.93. The zero-order valence-electron chi connectivity index (χ0n) is 16.8. The van der Waals surface area contributed by atoms with Crippen LogP contribution in [0.5, 0.6) is 11.5 Å². The Balaban J connectivity index is 1.44. The molecule has 0 unspecified atom stereocenters. The Bertz CT molecular complexity index is 746. The average Bonchev–Trinajstić information content (AvgIpc) is 2.78. The lowest BCUT2D eigenvalue weighted by atomic mass is 10.1. The van der Waals surface area contributed by atoms with E-state index in [4.69, 9.17) is 19.9 Å². The maximum Gasteiger partial charge on any atom is 0.260 e. The Morgan fingerprint density at radius 2 is 1.62 bits per heavy atom. The molecule has 6 heteroatoms. The number of rotatable bonds is 10. The van der Waals surface area contributed by atoms with E-state index in [2.05, 4.69) is 0 Å². The summed E-state index contributed by atoms with van der Waals surface area (Å²) < 4.78 is 17.5. The molecular weight excluding hydrogens is 368 g/mol. The minimum Gasteiger partial charge on any atom is -0.485 e. The monoisotopic (exact) mass is 398 g/mol. The number of likely N-dealkylation sites (tertiary alicyclic amines) is 1. The predicted octanol–water partition coefficient (Wildman–Crippen LogP) is 3.00. The van der Waals surface area contributed by atoms with Crippen LogP contribution < -0.4 is 15.2 Å². The number of para-hydroxylation sites is 2. The van der Waals surface area contributed by atoms with Crippen LogP contribution in [0.1, 0.15) is 24.8 Å². The number of nitrogens with zero attached hydrogens (tertiary/aromatic N) is 1. The van der Waals surface area contributed by atoms with Crippen LogP contribution in [0.3, 0.4) is 0 Å². The van der Waals surface area contributed by atoms with E-state index in [-0.39, 0.29) is 18.6 Å². The molecule has 2 aromatic carbocycles. The molecule has 0 saturated carbocycles. The SMILES string of the molecule is NCCCOC1CCN(C(=O)COc2ccccc2OCc2ccccc2)CC1. The van der Waals surface area contributed by atoms with Crippen molar-refractivity contribution in [3.8, 4) is 11.5 Å². The molecule has 2 aromatic rings. The van der Waals surface area contributed by atoms with Gasteiger partial charge in [0.1, 0.15) is 6.61 Å². The highest BCUT2D eigenvalue weighted by Crippen LogP contribution is 2.27. The van der Waals surface area contributed by atoms with E-state index in [9.17, 15) is 4.79 Å². The van der Waals surface area contributed by atoms with Crippen molar-refractivity contribution in [3.63, 3.8) is 0 Å². The second-order valence-corrected chi connectivity index (χ2v) is 7.10. The molecule has 0 atom stereocenters. The standard InChI is InChI=1S/C23H30N2O4/c24-13-6-16-27-20-11-14-25(15-12-20)23(26)18-29-22-10-5-4-9-21(22)28-17-19-7-2-1-3-8-19/h1-5,7-10,20H,6,11-18,24H2. The first-order chi connectivity index (χ1) is 14.3. The second kappa shape index (κ2) is 11.4. The van der Waals surface area contributed by atoms with Gasteiger partial charge in [0.2, 0.25) is 0 Å². The lowest BCUT2D eigenvalue weighted by Gasteiger charge is -2.32. The van der Waals surface area contributed by atoms with Crippen LogP contribution in [-0.4, -0.2) is 49.8 Å². The summed E-state index contributed by atoms with van der Waals surface area (Å²) in [7, 11) is 0. The molecule has 156 valence electrons. The van der Waals surface area contributed by atoms with Gasteiger partial charge in [-0.05, 0) is 43.5 Å². The first-order valence-corrected chi connectivity index (χ1v) is 10.2. The summed E-state index contributed by atoms with van der Waals surface area (Å²) in [6.45, 7) is 3.18. The van der Waals surface area contributed by atoms with Crippen LogP contribution >= 0.6 is 0 Å². The lowest BCUT2D eigenvalue weighted by Crippen LogP contribution is -2.43. The van der Waals surface area contributed by atoms with Crippen molar-refractivity contribution in [3.05, 3.63) is 60.2 Å². The minimum atomic E-state index is -0.0109. The van der Waals surface area contributed by atoms with Gasteiger partial charge in [0, 0.05) is 19.7 Å². The smallest absolute Gasteiger partial charge is 0.260 e. The van der Waals surface area contributed by atoms with Crippen LogP contribution in [-0.2, 0) is 16.1 Å². The van der Waals surface area contributed by atoms with Crippen molar-refractivity contribution in [2.45, 2.75) is 32.0 Å². The number of benzene rings is 2. The van der Waals surface area contributed by atoms with Crippen LogP contribution in [0.4, 0.5) is 0 Å². The summed E-state index contributed by atoms with van der Waals surface area (Å²) in [5.74, 6) is 1.20. The fraction of sp³-hybridized carbons (Fsp3) is 0.435. The van der Waals surface area contributed by atoms with Gasteiger partial charge in [-0.1, -0.05) is 42.5 Å². The first kappa shape index (κ1) is 21.1. The van der Waals surface area contributed by atoms with E-state index in [0.717, 1.165) is 24.8 Å². The van der Waals surface area contributed by atoms with Gasteiger partial charge in [-0.2, -0.15) is 0 Å². The summed E-state index contributed by atoms with van der Waals surface area (Å²) in [6.07, 6.45) is 2.80. The van der Waals surface area contributed by atoms with E-state index in [0.29, 0.717) is 44.3 Å². The summed E-state index contributed by atoms with van der Waals surface area (Å²) in [5.41, 5.74) is 6.57. The van der Waals surface area contributed by atoms with Crippen molar-refractivity contribution < 1.29 is 19.0 Å². The maximum absolute atomic E-state index is 12.5. The number of nitrogens with two attached hydrogens (primary N) is 1. The van der Waals surface area contributed by atoms with Gasteiger partial charge >= 0.3 is 0 Å². The Kier molecular flexibility index (Phi) is 8.34.